The van der Waals surface area contributed by atoms with Gasteiger partial charge in [0, 0.05) is 17.5 Å². The summed E-state index contributed by atoms with van der Waals surface area (Å²) in [5.41, 5.74) is 3.72. The molecule has 1 aromatic carbocycles. The molecule has 1 aromatic heterocycles. The van der Waals surface area contributed by atoms with Gasteiger partial charge in [-0.1, -0.05) is 12.1 Å². The zero-order valence-electron chi connectivity index (χ0n) is 11.7. The van der Waals surface area contributed by atoms with Crippen LogP contribution in [0.1, 0.15) is 34.2 Å². The number of aryl methyl sites for hydroxylation is 3. The third kappa shape index (κ3) is 2.49. The molecular formula is C15H19NO3. The Bertz CT molecular complexity index is 626. The summed E-state index contributed by atoms with van der Waals surface area (Å²) < 4.78 is 5.71. The first kappa shape index (κ1) is 13.6. The second-order valence-corrected chi connectivity index (χ2v) is 5.02. The Morgan fingerprint density at radius 3 is 2.53 bits per heavy atom. The first-order chi connectivity index (χ1) is 8.91. The molecular weight excluding hydrogens is 242 g/mol. The molecule has 0 bridgehead atoms. The van der Waals surface area contributed by atoms with Crippen molar-refractivity contribution in [3.05, 3.63) is 34.6 Å². The van der Waals surface area contributed by atoms with Gasteiger partial charge in [-0.3, -0.25) is 4.79 Å². The van der Waals surface area contributed by atoms with Crippen molar-refractivity contribution in [3.8, 4) is 0 Å². The third-order valence-corrected chi connectivity index (χ3v) is 3.25. The summed E-state index contributed by atoms with van der Waals surface area (Å²) in [6.45, 7) is 7.69. The van der Waals surface area contributed by atoms with Gasteiger partial charge in [0.2, 0.25) is 0 Å². The Kier molecular flexibility index (Phi) is 3.62. The van der Waals surface area contributed by atoms with Crippen molar-refractivity contribution in [3.63, 3.8) is 0 Å². The van der Waals surface area contributed by atoms with Gasteiger partial charge < -0.3 is 14.8 Å². The van der Waals surface area contributed by atoms with Crippen LogP contribution in [0.5, 0.6) is 0 Å². The maximum atomic E-state index is 12.0. The zero-order valence-corrected chi connectivity index (χ0v) is 11.7. The number of nitrogens with one attached hydrogen (secondary N) is 1. The first-order valence-corrected chi connectivity index (χ1v) is 6.37. The molecule has 0 aliphatic heterocycles. The highest BCUT2D eigenvalue weighted by atomic mass is 16.3. The van der Waals surface area contributed by atoms with Gasteiger partial charge in [-0.15, -0.1) is 0 Å². The molecule has 4 nitrogen and oxygen atoms in total. The average Bonchev–Trinajstić information content (AvgIpc) is 2.70. The third-order valence-electron chi connectivity index (χ3n) is 3.25. The van der Waals surface area contributed by atoms with Crippen LogP contribution in [0, 0.1) is 20.8 Å². The van der Waals surface area contributed by atoms with Crippen molar-refractivity contribution in [1.29, 1.82) is 0 Å². The number of amides is 1. The van der Waals surface area contributed by atoms with Crippen LogP contribution in [0.15, 0.2) is 16.5 Å². The van der Waals surface area contributed by atoms with Crippen LogP contribution in [0.25, 0.3) is 11.0 Å². The van der Waals surface area contributed by atoms with Gasteiger partial charge in [0.25, 0.3) is 5.91 Å². The monoisotopic (exact) mass is 261 g/mol. The Balaban J connectivity index is 2.45. The van der Waals surface area contributed by atoms with E-state index in [2.05, 4.69) is 5.32 Å². The largest absolute Gasteiger partial charge is 0.450 e. The van der Waals surface area contributed by atoms with Crippen molar-refractivity contribution in [2.24, 2.45) is 0 Å². The van der Waals surface area contributed by atoms with E-state index in [4.69, 9.17) is 4.42 Å². The van der Waals surface area contributed by atoms with Crippen LogP contribution in [0.2, 0.25) is 0 Å². The Morgan fingerprint density at radius 2 is 1.95 bits per heavy atom. The summed E-state index contributed by atoms with van der Waals surface area (Å²) in [6.07, 6.45) is -0.572. The fraction of sp³-hybridized carbons (Fsp3) is 0.400. The Morgan fingerprint density at radius 1 is 1.32 bits per heavy atom. The minimum absolute atomic E-state index is 0.216. The fourth-order valence-corrected chi connectivity index (χ4v) is 2.21. The number of rotatable bonds is 3. The van der Waals surface area contributed by atoms with Gasteiger partial charge in [0.15, 0.2) is 5.76 Å². The molecule has 2 rings (SSSR count). The lowest BCUT2D eigenvalue weighted by atomic mass is 10.0. The van der Waals surface area contributed by atoms with Crippen LogP contribution in [0.3, 0.4) is 0 Å². The van der Waals surface area contributed by atoms with E-state index in [1.165, 1.54) is 0 Å². The standard InChI is InChI=1S/C15H19NO3/c1-8-5-6-9(2)13-12(8)11(4)14(19-13)15(18)16-7-10(3)17/h5-6,10,17H,7H2,1-4H3,(H,16,18). The van der Waals surface area contributed by atoms with E-state index >= 15 is 0 Å². The lowest BCUT2D eigenvalue weighted by Crippen LogP contribution is -2.30. The Hall–Kier alpha value is -1.81. The minimum Gasteiger partial charge on any atom is -0.450 e. The molecule has 1 heterocycles. The van der Waals surface area contributed by atoms with E-state index in [0.717, 1.165) is 27.7 Å². The van der Waals surface area contributed by atoms with Gasteiger partial charge in [-0.25, -0.2) is 0 Å². The predicted octanol–water partition coefficient (Wildman–Crippen LogP) is 2.47. The molecule has 2 N–H and O–H groups in total. The molecule has 0 saturated carbocycles. The zero-order chi connectivity index (χ0) is 14.2. The second kappa shape index (κ2) is 5.05. The summed E-state index contributed by atoms with van der Waals surface area (Å²) in [5.74, 6) is 0.0430. The maximum absolute atomic E-state index is 12.0. The number of hydrogen-bond donors (Lipinski definition) is 2. The number of fused-ring (bicyclic) bond motifs is 1. The topological polar surface area (TPSA) is 62.5 Å². The lowest BCUT2D eigenvalue weighted by Gasteiger charge is -2.05. The van der Waals surface area contributed by atoms with E-state index in [1.807, 2.05) is 32.9 Å². The molecule has 1 atom stereocenters. The minimum atomic E-state index is -0.572. The highest BCUT2D eigenvalue weighted by Gasteiger charge is 2.19. The molecule has 0 aliphatic carbocycles. The summed E-state index contributed by atoms with van der Waals surface area (Å²) in [4.78, 5) is 12.0. The fourth-order valence-electron chi connectivity index (χ4n) is 2.21. The van der Waals surface area contributed by atoms with Crippen molar-refractivity contribution >= 4 is 16.9 Å². The normalized spacial score (nSPS) is 12.7. The smallest absolute Gasteiger partial charge is 0.287 e. The molecule has 1 unspecified atom stereocenters. The SMILES string of the molecule is Cc1ccc(C)c2c(C)c(C(=O)NCC(C)O)oc12. The number of hydrogen-bond acceptors (Lipinski definition) is 3. The van der Waals surface area contributed by atoms with E-state index in [0.29, 0.717) is 5.76 Å². The highest BCUT2D eigenvalue weighted by Crippen LogP contribution is 2.30. The van der Waals surface area contributed by atoms with Crippen molar-refractivity contribution in [2.45, 2.75) is 33.8 Å². The van der Waals surface area contributed by atoms with Crippen LogP contribution >= 0.6 is 0 Å². The average molecular weight is 261 g/mol. The molecule has 4 heteroatoms. The number of carbonyl (C=O) groups is 1. The van der Waals surface area contributed by atoms with Gasteiger partial charge in [-0.2, -0.15) is 0 Å². The molecule has 0 fully saturated rings. The number of aliphatic hydroxyl groups is 1. The number of aliphatic hydroxyl groups excluding tert-OH is 1. The number of benzene rings is 1. The molecule has 19 heavy (non-hydrogen) atoms. The summed E-state index contributed by atoms with van der Waals surface area (Å²) in [7, 11) is 0. The van der Waals surface area contributed by atoms with Gasteiger partial charge >= 0.3 is 0 Å². The molecule has 102 valence electrons. The van der Waals surface area contributed by atoms with Crippen LogP contribution in [0.4, 0.5) is 0 Å². The second-order valence-electron chi connectivity index (χ2n) is 5.02. The van der Waals surface area contributed by atoms with Crippen LogP contribution in [-0.2, 0) is 0 Å². The number of furan rings is 1. The predicted molar refractivity (Wildman–Crippen MR) is 74.4 cm³/mol. The number of carbonyl (C=O) groups excluding carboxylic acids is 1. The molecule has 0 saturated heterocycles. The van der Waals surface area contributed by atoms with Crippen molar-refractivity contribution < 1.29 is 14.3 Å². The van der Waals surface area contributed by atoms with Crippen LogP contribution < -0.4 is 5.32 Å². The quantitative estimate of drug-likeness (QED) is 0.892. The summed E-state index contributed by atoms with van der Waals surface area (Å²) >= 11 is 0. The van der Waals surface area contributed by atoms with E-state index < -0.39 is 6.10 Å². The van der Waals surface area contributed by atoms with E-state index in [-0.39, 0.29) is 12.5 Å². The maximum Gasteiger partial charge on any atom is 0.287 e. The Labute approximate surface area is 112 Å². The lowest BCUT2D eigenvalue weighted by molar-refractivity contribution is 0.0898. The summed E-state index contributed by atoms with van der Waals surface area (Å²) in [6, 6.07) is 4.01. The molecule has 2 aromatic rings. The van der Waals surface area contributed by atoms with Gasteiger partial charge in [0.05, 0.1) is 6.10 Å². The van der Waals surface area contributed by atoms with Gasteiger partial charge in [-0.05, 0) is 38.8 Å². The molecule has 0 spiro atoms. The van der Waals surface area contributed by atoms with E-state index in [1.54, 1.807) is 6.92 Å². The highest BCUT2D eigenvalue weighted by molar-refractivity contribution is 6.00. The van der Waals surface area contributed by atoms with Crippen molar-refractivity contribution in [1.82, 2.24) is 5.32 Å². The van der Waals surface area contributed by atoms with Crippen molar-refractivity contribution in [2.75, 3.05) is 6.54 Å². The van der Waals surface area contributed by atoms with Gasteiger partial charge in [0.1, 0.15) is 5.58 Å². The molecule has 0 radical (unpaired) electrons. The molecule has 0 aliphatic rings. The van der Waals surface area contributed by atoms with Crippen LogP contribution in [-0.4, -0.2) is 23.7 Å². The summed E-state index contributed by atoms with van der Waals surface area (Å²) in [5, 5.41) is 12.9. The van der Waals surface area contributed by atoms with E-state index in [9.17, 15) is 9.90 Å². The molecule has 1 amide bonds. The first-order valence-electron chi connectivity index (χ1n) is 6.37.